The summed E-state index contributed by atoms with van der Waals surface area (Å²) in [7, 11) is 0. The molecule has 2 aromatic rings. The van der Waals surface area contributed by atoms with E-state index in [0.29, 0.717) is 0 Å². The van der Waals surface area contributed by atoms with Crippen molar-refractivity contribution >= 4 is 22.5 Å². The minimum Gasteiger partial charge on any atom is -0.490 e. The Hall–Kier alpha value is -1.19. The Kier molecular flexibility index (Phi) is 2.32. The van der Waals surface area contributed by atoms with Gasteiger partial charge in [-0.2, -0.15) is 0 Å². The summed E-state index contributed by atoms with van der Waals surface area (Å²) in [6.45, 7) is 3.79. The molecule has 1 N–H and O–H groups in total. The molecule has 1 aromatic heterocycles. The van der Waals surface area contributed by atoms with Crippen molar-refractivity contribution in [1.82, 2.24) is 9.88 Å². The number of fused-ring (bicyclic) bond motifs is 3. The molecule has 0 aliphatic carbocycles. The van der Waals surface area contributed by atoms with Crippen LogP contribution in [0.15, 0.2) is 12.1 Å². The van der Waals surface area contributed by atoms with Gasteiger partial charge in [-0.3, -0.25) is 0 Å². The summed E-state index contributed by atoms with van der Waals surface area (Å²) < 4.78 is 8.18. The van der Waals surface area contributed by atoms with E-state index in [-0.39, 0.29) is 0 Å². The average Bonchev–Trinajstić information content (AvgIpc) is 2.57. The van der Waals surface area contributed by atoms with Crippen molar-refractivity contribution in [2.45, 2.75) is 19.4 Å². The van der Waals surface area contributed by atoms with E-state index in [0.717, 1.165) is 49.9 Å². The molecule has 4 heteroatoms. The molecule has 0 unspecified atom stereocenters. The predicted molar refractivity (Wildman–Crippen MR) is 72.7 cm³/mol. The van der Waals surface area contributed by atoms with Crippen molar-refractivity contribution in [3.63, 3.8) is 0 Å². The zero-order chi connectivity index (χ0) is 12.1. The van der Waals surface area contributed by atoms with Crippen molar-refractivity contribution in [3.05, 3.63) is 28.4 Å². The van der Waals surface area contributed by atoms with Crippen LogP contribution in [0.2, 0.25) is 5.02 Å². The number of aromatic nitrogens is 1. The van der Waals surface area contributed by atoms with E-state index in [9.17, 15) is 0 Å². The second-order valence-corrected chi connectivity index (χ2v) is 5.35. The number of ether oxygens (including phenoxy) is 1. The zero-order valence-corrected chi connectivity index (χ0v) is 10.9. The molecule has 94 valence electrons. The molecule has 0 radical (unpaired) electrons. The highest BCUT2D eigenvalue weighted by Crippen LogP contribution is 2.40. The monoisotopic (exact) mass is 262 g/mol. The van der Waals surface area contributed by atoms with Gasteiger partial charge in [-0.25, -0.2) is 0 Å². The molecule has 0 amide bonds. The molecule has 0 bridgehead atoms. The van der Waals surface area contributed by atoms with Gasteiger partial charge in [0.1, 0.15) is 12.4 Å². The molecule has 2 aliphatic rings. The molecule has 4 rings (SSSR count). The van der Waals surface area contributed by atoms with Crippen molar-refractivity contribution < 1.29 is 4.74 Å². The van der Waals surface area contributed by atoms with E-state index in [1.54, 1.807) is 0 Å². The minimum absolute atomic E-state index is 0.762. The molecule has 18 heavy (non-hydrogen) atoms. The Morgan fingerprint density at radius 2 is 2.11 bits per heavy atom. The lowest BCUT2D eigenvalue weighted by Crippen LogP contribution is -2.19. The van der Waals surface area contributed by atoms with Crippen LogP contribution in [0.4, 0.5) is 0 Å². The van der Waals surface area contributed by atoms with E-state index < -0.39 is 0 Å². The molecule has 1 aromatic carbocycles. The maximum atomic E-state index is 6.42. The Morgan fingerprint density at radius 1 is 1.22 bits per heavy atom. The van der Waals surface area contributed by atoms with Crippen LogP contribution in [-0.4, -0.2) is 24.3 Å². The lowest BCUT2D eigenvalue weighted by molar-refractivity contribution is 0.285. The third-order valence-corrected chi connectivity index (χ3v) is 4.31. The van der Waals surface area contributed by atoms with Crippen molar-refractivity contribution in [2.24, 2.45) is 0 Å². The van der Waals surface area contributed by atoms with Gasteiger partial charge in [0.2, 0.25) is 0 Å². The first-order valence-corrected chi connectivity index (χ1v) is 6.90. The summed E-state index contributed by atoms with van der Waals surface area (Å²) in [6, 6.07) is 3.96. The molecule has 0 saturated carbocycles. The average molecular weight is 263 g/mol. The van der Waals surface area contributed by atoms with Crippen molar-refractivity contribution in [3.8, 4) is 5.75 Å². The number of benzene rings is 1. The predicted octanol–water partition coefficient (Wildman–Crippen LogP) is 2.38. The summed E-state index contributed by atoms with van der Waals surface area (Å²) in [5.41, 5.74) is 4.08. The summed E-state index contributed by atoms with van der Waals surface area (Å²) in [5.74, 6) is 0.988. The number of nitrogens with zero attached hydrogens (tertiary/aromatic N) is 1. The quantitative estimate of drug-likeness (QED) is 0.789. The zero-order valence-electron chi connectivity index (χ0n) is 10.1. The van der Waals surface area contributed by atoms with Gasteiger partial charge < -0.3 is 14.6 Å². The van der Waals surface area contributed by atoms with Crippen LogP contribution < -0.4 is 10.1 Å². The topological polar surface area (TPSA) is 26.2 Å². The van der Waals surface area contributed by atoms with Gasteiger partial charge in [-0.05, 0) is 30.7 Å². The van der Waals surface area contributed by atoms with Crippen molar-refractivity contribution in [1.29, 1.82) is 0 Å². The summed E-state index contributed by atoms with van der Waals surface area (Å²) in [4.78, 5) is 0. The van der Waals surface area contributed by atoms with Crippen LogP contribution in [-0.2, 0) is 19.4 Å². The Labute approximate surface area is 111 Å². The van der Waals surface area contributed by atoms with Crippen LogP contribution in [0.5, 0.6) is 5.75 Å². The first-order chi connectivity index (χ1) is 8.86. The van der Waals surface area contributed by atoms with Gasteiger partial charge in [0.25, 0.3) is 0 Å². The molecular weight excluding hydrogens is 248 g/mol. The Balaban J connectivity index is 2.13. The molecule has 2 aliphatic heterocycles. The lowest BCUT2D eigenvalue weighted by atomic mass is 10.1. The van der Waals surface area contributed by atoms with Crippen LogP contribution in [0.1, 0.15) is 11.3 Å². The Bertz CT molecular complexity index is 632. The molecule has 0 fully saturated rings. The van der Waals surface area contributed by atoms with Gasteiger partial charge in [0, 0.05) is 24.0 Å². The molecule has 0 spiro atoms. The molecule has 3 heterocycles. The summed E-state index contributed by atoms with van der Waals surface area (Å²) in [6.07, 6.45) is 2.14. The van der Waals surface area contributed by atoms with Gasteiger partial charge in [-0.15, -0.1) is 0 Å². The minimum atomic E-state index is 0.762. The number of halogens is 1. The molecule has 0 atom stereocenters. The number of nitrogens with one attached hydrogen (secondary N) is 1. The van der Waals surface area contributed by atoms with Gasteiger partial charge in [0.05, 0.1) is 17.1 Å². The normalized spacial score (nSPS) is 18.3. The first-order valence-electron chi connectivity index (χ1n) is 6.52. The fourth-order valence-electron chi connectivity index (χ4n) is 3.26. The Morgan fingerprint density at radius 3 is 3.06 bits per heavy atom. The summed E-state index contributed by atoms with van der Waals surface area (Å²) >= 11 is 6.42. The third kappa shape index (κ3) is 1.35. The largest absolute Gasteiger partial charge is 0.490 e. The maximum absolute atomic E-state index is 6.42. The standard InChI is InChI=1S/C14H15ClN2O/c15-10-1-2-12-14-13(10)9-3-5-16-6-4-11(9)17(14)7-8-18-12/h1-2,16H,3-8H2. The van der Waals surface area contributed by atoms with E-state index in [1.165, 1.54) is 22.2 Å². The van der Waals surface area contributed by atoms with Gasteiger partial charge in [-0.1, -0.05) is 11.6 Å². The fourth-order valence-corrected chi connectivity index (χ4v) is 3.52. The second kappa shape index (κ2) is 3.90. The number of hydrogen-bond donors (Lipinski definition) is 1. The lowest BCUT2D eigenvalue weighted by Gasteiger charge is -2.19. The highest BCUT2D eigenvalue weighted by Gasteiger charge is 2.25. The smallest absolute Gasteiger partial charge is 0.143 e. The molecule has 0 saturated heterocycles. The molecular formula is C14H15ClN2O. The third-order valence-electron chi connectivity index (χ3n) is 4.00. The number of rotatable bonds is 0. The van der Waals surface area contributed by atoms with Gasteiger partial charge in [0.15, 0.2) is 0 Å². The van der Waals surface area contributed by atoms with E-state index in [4.69, 9.17) is 16.3 Å². The maximum Gasteiger partial charge on any atom is 0.143 e. The van der Waals surface area contributed by atoms with E-state index >= 15 is 0 Å². The van der Waals surface area contributed by atoms with Crippen LogP contribution in [0, 0.1) is 0 Å². The summed E-state index contributed by atoms with van der Waals surface area (Å²) in [5, 5.41) is 5.53. The SMILES string of the molecule is Clc1ccc2c3c1c1c(n3CCO2)CCNCC1. The highest BCUT2D eigenvalue weighted by atomic mass is 35.5. The van der Waals surface area contributed by atoms with Crippen LogP contribution in [0.25, 0.3) is 10.9 Å². The molecule has 3 nitrogen and oxygen atoms in total. The highest BCUT2D eigenvalue weighted by molar-refractivity contribution is 6.36. The van der Waals surface area contributed by atoms with E-state index in [2.05, 4.69) is 9.88 Å². The number of hydrogen-bond acceptors (Lipinski definition) is 2. The van der Waals surface area contributed by atoms with Crippen LogP contribution in [0.3, 0.4) is 0 Å². The van der Waals surface area contributed by atoms with Crippen molar-refractivity contribution in [2.75, 3.05) is 19.7 Å². The van der Waals surface area contributed by atoms with E-state index in [1.807, 2.05) is 12.1 Å². The first kappa shape index (κ1) is 10.7. The fraction of sp³-hybridized carbons (Fsp3) is 0.429. The van der Waals surface area contributed by atoms with Crippen LogP contribution >= 0.6 is 11.6 Å². The van der Waals surface area contributed by atoms with Gasteiger partial charge >= 0.3 is 0 Å². The second-order valence-electron chi connectivity index (χ2n) is 4.94.